The minimum absolute atomic E-state index is 0.0588. The molecule has 0 radical (unpaired) electrons. The van der Waals surface area contributed by atoms with E-state index in [9.17, 15) is 4.79 Å². The highest BCUT2D eigenvalue weighted by atomic mass is 35.5. The predicted octanol–water partition coefficient (Wildman–Crippen LogP) is 3.26. The maximum absolute atomic E-state index is 12.8. The molecule has 1 aliphatic rings. The Morgan fingerprint density at radius 2 is 1.97 bits per heavy atom. The molecule has 0 bridgehead atoms. The quantitative estimate of drug-likeness (QED) is 0.631. The molecule has 0 N–H and O–H groups in total. The van der Waals surface area contributed by atoms with Crippen molar-refractivity contribution in [1.82, 2.24) is 19.6 Å². The van der Waals surface area contributed by atoms with E-state index in [2.05, 4.69) is 10.2 Å². The summed E-state index contributed by atoms with van der Waals surface area (Å²) in [6.45, 7) is 6.42. The summed E-state index contributed by atoms with van der Waals surface area (Å²) in [5, 5.41) is 9.55. The molecule has 4 rings (SSSR count). The number of halogens is 2. The summed E-state index contributed by atoms with van der Waals surface area (Å²) in [4.78, 5) is 14.8. The molecule has 1 fully saturated rings. The van der Waals surface area contributed by atoms with Crippen molar-refractivity contribution in [2.24, 2.45) is 0 Å². The summed E-state index contributed by atoms with van der Waals surface area (Å²) in [7, 11) is 0. The molecule has 1 aromatic carbocycles. The summed E-state index contributed by atoms with van der Waals surface area (Å²) in [5.74, 6) is 0. The number of aryl methyl sites for hydroxylation is 2. The summed E-state index contributed by atoms with van der Waals surface area (Å²) < 4.78 is 9.13. The SMILES string of the molecule is Cc1cc(C)n(CC2CN(c3cnn(-c4ccc(Cl)cc4)c(=O)c3Cl)CCO2)n1. The molecule has 3 aromatic rings. The number of ether oxygens (including phenoxy) is 1. The molecule has 9 heteroatoms. The second-order valence-corrected chi connectivity index (χ2v) is 7.90. The Hall–Kier alpha value is -2.35. The smallest absolute Gasteiger partial charge is 0.292 e. The van der Waals surface area contributed by atoms with Crippen LogP contribution in [-0.2, 0) is 11.3 Å². The molecule has 2 aromatic heterocycles. The molecule has 1 aliphatic heterocycles. The molecule has 152 valence electrons. The molecule has 0 spiro atoms. The van der Waals surface area contributed by atoms with Crippen LogP contribution in [0.5, 0.6) is 0 Å². The third kappa shape index (κ3) is 4.17. The lowest BCUT2D eigenvalue weighted by molar-refractivity contribution is 0.0270. The molecular weight excluding hydrogens is 413 g/mol. The van der Waals surface area contributed by atoms with Gasteiger partial charge >= 0.3 is 0 Å². The van der Waals surface area contributed by atoms with Gasteiger partial charge in [0.15, 0.2) is 0 Å². The van der Waals surface area contributed by atoms with Crippen LogP contribution in [-0.4, -0.2) is 45.4 Å². The second kappa shape index (κ2) is 8.18. The number of benzene rings is 1. The molecule has 0 saturated carbocycles. The Morgan fingerprint density at radius 1 is 1.21 bits per heavy atom. The molecule has 3 heterocycles. The van der Waals surface area contributed by atoms with Gasteiger partial charge in [-0.15, -0.1) is 0 Å². The largest absolute Gasteiger partial charge is 0.373 e. The van der Waals surface area contributed by atoms with Crippen LogP contribution in [0.3, 0.4) is 0 Å². The Morgan fingerprint density at radius 3 is 2.66 bits per heavy atom. The first-order valence-corrected chi connectivity index (χ1v) is 10.1. The monoisotopic (exact) mass is 433 g/mol. The maximum Gasteiger partial charge on any atom is 0.292 e. The minimum Gasteiger partial charge on any atom is -0.373 e. The van der Waals surface area contributed by atoms with E-state index in [1.54, 1.807) is 30.5 Å². The number of morpholine rings is 1. The second-order valence-electron chi connectivity index (χ2n) is 7.09. The first kappa shape index (κ1) is 19.9. The lowest BCUT2D eigenvalue weighted by Crippen LogP contribution is -2.45. The Kier molecular flexibility index (Phi) is 5.63. The lowest BCUT2D eigenvalue weighted by Gasteiger charge is -2.34. The summed E-state index contributed by atoms with van der Waals surface area (Å²) >= 11 is 12.4. The van der Waals surface area contributed by atoms with Gasteiger partial charge in [0.05, 0.1) is 42.5 Å². The van der Waals surface area contributed by atoms with Crippen molar-refractivity contribution in [3.8, 4) is 5.69 Å². The van der Waals surface area contributed by atoms with Gasteiger partial charge in [-0.05, 0) is 44.2 Å². The lowest BCUT2D eigenvalue weighted by atomic mass is 10.2. The minimum atomic E-state index is -0.368. The average molecular weight is 434 g/mol. The van der Waals surface area contributed by atoms with E-state index >= 15 is 0 Å². The van der Waals surface area contributed by atoms with E-state index in [-0.39, 0.29) is 16.7 Å². The Bertz CT molecular complexity index is 1080. The van der Waals surface area contributed by atoms with Gasteiger partial charge in [-0.1, -0.05) is 23.2 Å². The van der Waals surface area contributed by atoms with Gasteiger partial charge < -0.3 is 9.64 Å². The van der Waals surface area contributed by atoms with Crippen molar-refractivity contribution in [3.63, 3.8) is 0 Å². The molecule has 1 atom stereocenters. The van der Waals surface area contributed by atoms with Gasteiger partial charge in [-0.2, -0.15) is 14.9 Å². The number of hydrogen-bond acceptors (Lipinski definition) is 5. The topological polar surface area (TPSA) is 65.2 Å². The molecule has 29 heavy (non-hydrogen) atoms. The third-order valence-electron chi connectivity index (χ3n) is 4.93. The number of aromatic nitrogens is 4. The fourth-order valence-electron chi connectivity index (χ4n) is 3.51. The summed E-state index contributed by atoms with van der Waals surface area (Å²) in [5.41, 5.74) is 2.93. The Labute approximate surface area is 178 Å². The third-order valence-corrected chi connectivity index (χ3v) is 5.54. The average Bonchev–Trinajstić information content (AvgIpc) is 3.02. The normalized spacial score (nSPS) is 17.0. The van der Waals surface area contributed by atoms with Crippen molar-refractivity contribution < 1.29 is 4.74 Å². The molecule has 0 aliphatic carbocycles. The number of anilines is 1. The molecular formula is C20H21Cl2N5O2. The van der Waals surface area contributed by atoms with Crippen LogP contribution in [0.2, 0.25) is 10.0 Å². The van der Waals surface area contributed by atoms with Crippen molar-refractivity contribution in [2.45, 2.75) is 26.5 Å². The van der Waals surface area contributed by atoms with Gasteiger partial charge in [0, 0.05) is 23.8 Å². The van der Waals surface area contributed by atoms with Crippen LogP contribution in [0.25, 0.3) is 5.69 Å². The van der Waals surface area contributed by atoms with E-state index in [0.717, 1.165) is 11.4 Å². The van der Waals surface area contributed by atoms with Gasteiger partial charge in [0.25, 0.3) is 5.56 Å². The van der Waals surface area contributed by atoms with Crippen molar-refractivity contribution >= 4 is 28.9 Å². The fourth-order valence-corrected chi connectivity index (χ4v) is 3.89. The van der Waals surface area contributed by atoms with E-state index in [1.807, 2.05) is 29.5 Å². The van der Waals surface area contributed by atoms with Crippen LogP contribution in [0, 0.1) is 13.8 Å². The van der Waals surface area contributed by atoms with Crippen LogP contribution in [0.1, 0.15) is 11.4 Å². The van der Waals surface area contributed by atoms with Gasteiger partial charge in [-0.3, -0.25) is 9.48 Å². The number of hydrogen-bond donors (Lipinski definition) is 0. The summed E-state index contributed by atoms with van der Waals surface area (Å²) in [6, 6.07) is 8.91. The fraction of sp³-hybridized carbons (Fsp3) is 0.350. The molecule has 1 saturated heterocycles. The molecule has 0 amide bonds. The maximum atomic E-state index is 12.8. The van der Waals surface area contributed by atoms with Gasteiger partial charge in [0.2, 0.25) is 0 Å². The van der Waals surface area contributed by atoms with Crippen molar-refractivity contribution in [2.75, 3.05) is 24.6 Å². The van der Waals surface area contributed by atoms with Crippen LogP contribution < -0.4 is 10.5 Å². The van der Waals surface area contributed by atoms with E-state index in [0.29, 0.717) is 42.6 Å². The van der Waals surface area contributed by atoms with E-state index in [4.69, 9.17) is 27.9 Å². The van der Waals surface area contributed by atoms with Crippen LogP contribution in [0.4, 0.5) is 5.69 Å². The predicted molar refractivity (Wildman–Crippen MR) is 114 cm³/mol. The number of rotatable bonds is 4. The molecule has 1 unspecified atom stereocenters. The Balaban J connectivity index is 1.56. The first-order chi connectivity index (χ1) is 13.9. The highest BCUT2D eigenvalue weighted by molar-refractivity contribution is 6.33. The zero-order chi connectivity index (χ0) is 20.5. The zero-order valence-electron chi connectivity index (χ0n) is 16.2. The van der Waals surface area contributed by atoms with Crippen LogP contribution in [0.15, 0.2) is 41.3 Å². The summed E-state index contributed by atoms with van der Waals surface area (Å²) in [6.07, 6.45) is 1.57. The highest BCUT2D eigenvalue weighted by Crippen LogP contribution is 2.24. The molecule has 7 nitrogen and oxygen atoms in total. The van der Waals surface area contributed by atoms with Crippen molar-refractivity contribution in [1.29, 1.82) is 0 Å². The zero-order valence-corrected chi connectivity index (χ0v) is 17.7. The van der Waals surface area contributed by atoms with Gasteiger partial charge in [0.1, 0.15) is 5.02 Å². The standard InChI is InChI=1S/C20H21Cl2N5O2/c1-13-9-14(2)26(24-13)12-17-11-25(7-8-29-17)18-10-23-27(20(28)19(18)22)16-5-3-15(21)4-6-16/h3-6,9-10,17H,7-8,11-12H2,1-2H3. The highest BCUT2D eigenvalue weighted by Gasteiger charge is 2.25. The van der Waals surface area contributed by atoms with Crippen LogP contribution >= 0.6 is 23.2 Å². The number of nitrogens with zero attached hydrogens (tertiary/aromatic N) is 5. The van der Waals surface area contributed by atoms with E-state index < -0.39 is 0 Å². The van der Waals surface area contributed by atoms with Crippen molar-refractivity contribution in [3.05, 3.63) is 68.3 Å². The van der Waals surface area contributed by atoms with Gasteiger partial charge in [-0.25, -0.2) is 0 Å². The van der Waals surface area contributed by atoms with E-state index in [1.165, 1.54) is 4.68 Å². The first-order valence-electron chi connectivity index (χ1n) is 9.34.